The molecule has 0 aromatic carbocycles. The summed E-state index contributed by atoms with van der Waals surface area (Å²) in [7, 11) is 1.77. The number of nitrogens with zero attached hydrogens (tertiary/aromatic N) is 2. The third-order valence-corrected chi connectivity index (χ3v) is 4.09. The molecule has 4 nitrogen and oxygen atoms in total. The molecule has 1 aromatic heterocycles. The van der Waals surface area contributed by atoms with E-state index in [2.05, 4.69) is 4.98 Å². The van der Waals surface area contributed by atoms with Crippen molar-refractivity contribution >= 4 is 29.0 Å². The Labute approximate surface area is 99.2 Å². The average Bonchev–Trinajstić information content (AvgIpc) is 2.81. The lowest BCUT2D eigenvalue weighted by Gasteiger charge is -2.21. The zero-order chi connectivity index (χ0) is 11.5. The molecule has 1 amide bonds. The van der Waals surface area contributed by atoms with Crippen molar-refractivity contribution < 1.29 is 4.79 Å². The Balaban J connectivity index is 2.15. The fourth-order valence-corrected chi connectivity index (χ4v) is 3.06. The van der Waals surface area contributed by atoms with Crippen LogP contribution in [0.3, 0.4) is 0 Å². The molecule has 16 heavy (non-hydrogen) atoms. The van der Waals surface area contributed by atoms with E-state index in [9.17, 15) is 4.79 Å². The Morgan fingerprint density at radius 3 is 3.12 bits per heavy atom. The van der Waals surface area contributed by atoms with Crippen LogP contribution in [-0.4, -0.2) is 28.9 Å². The minimum atomic E-state index is 0.0950. The van der Waals surface area contributed by atoms with Crippen molar-refractivity contribution in [2.45, 2.75) is 18.1 Å². The fraction of sp³-hybridized carbons (Fsp3) is 0.455. The predicted octanol–water partition coefficient (Wildman–Crippen LogP) is 1.52. The second-order valence-electron chi connectivity index (χ2n) is 3.83. The second-order valence-corrected chi connectivity index (χ2v) is 5.14. The molecule has 1 aliphatic heterocycles. The Morgan fingerprint density at radius 1 is 1.69 bits per heavy atom. The second kappa shape index (κ2) is 4.74. The first-order valence-electron chi connectivity index (χ1n) is 5.29. The maximum atomic E-state index is 12.1. The SMILES string of the molecule is CN(C(=O)C1CCCS1)c1ccncc1N. The molecule has 2 rings (SSSR count). The number of rotatable bonds is 2. The molecule has 2 N–H and O–H groups in total. The number of anilines is 2. The van der Waals surface area contributed by atoms with E-state index in [-0.39, 0.29) is 11.2 Å². The largest absolute Gasteiger partial charge is 0.396 e. The Bertz CT molecular complexity index is 391. The Hall–Kier alpha value is -1.23. The minimum absolute atomic E-state index is 0.0950. The molecule has 0 spiro atoms. The number of nitrogen functional groups attached to an aromatic ring is 1. The van der Waals surface area contributed by atoms with Gasteiger partial charge >= 0.3 is 0 Å². The first kappa shape index (κ1) is 11.3. The molecule has 0 radical (unpaired) electrons. The standard InChI is InChI=1S/C11H15N3OS/c1-14(9-4-5-13-7-8(9)12)11(15)10-3-2-6-16-10/h4-5,7,10H,2-3,6,12H2,1H3. The van der Waals surface area contributed by atoms with Crippen LogP contribution in [0.2, 0.25) is 0 Å². The Morgan fingerprint density at radius 2 is 2.50 bits per heavy atom. The number of hydrogen-bond acceptors (Lipinski definition) is 4. The summed E-state index contributed by atoms with van der Waals surface area (Å²) in [6.07, 6.45) is 5.32. The van der Waals surface area contributed by atoms with Crippen molar-refractivity contribution in [3.05, 3.63) is 18.5 Å². The molecule has 86 valence electrons. The number of aromatic nitrogens is 1. The van der Waals surface area contributed by atoms with Crippen LogP contribution in [0.1, 0.15) is 12.8 Å². The van der Waals surface area contributed by atoms with Gasteiger partial charge in [-0.2, -0.15) is 0 Å². The highest BCUT2D eigenvalue weighted by atomic mass is 32.2. The highest BCUT2D eigenvalue weighted by molar-refractivity contribution is 8.00. The number of carbonyl (C=O) groups excluding carboxylic acids is 1. The van der Waals surface area contributed by atoms with Crippen LogP contribution in [-0.2, 0) is 4.79 Å². The van der Waals surface area contributed by atoms with E-state index >= 15 is 0 Å². The zero-order valence-electron chi connectivity index (χ0n) is 9.22. The average molecular weight is 237 g/mol. The zero-order valence-corrected chi connectivity index (χ0v) is 10.0. The number of nitrogens with two attached hydrogens (primary N) is 1. The lowest BCUT2D eigenvalue weighted by molar-refractivity contribution is -0.117. The molecule has 1 aliphatic rings. The smallest absolute Gasteiger partial charge is 0.239 e. The fourth-order valence-electron chi connectivity index (χ4n) is 1.81. The molecule has 1 fully saturated rings. The van der Waals surface area contributed by atoms with Gasteiger partial charge in [0.25, 0.3) is 0 Å². The van der Waals surface area contributed by atoms with Crippen molar-refractivity contribution in [1.82, 2.24) is 4.98 Å². The van der Waals surface area contributed by atoms with Gasteiger partial charge in [-0.1, -0.05) is 0 Å². The molecule has 2 heterocycles. The van der Waals surface area contributed by atoms with Gasteiger partial charge in [-0.15, -0.1) is 11.8 Å². The summed E-state index contributed by atoms with van der Waals surface area (Å²) in [5, 5.41) is 0.0950. The number of thioether (sulfide) groups is 1. The maximum Gasteiger partial charge on any atom is 0.239 e. The van der Waals surface area contributed by atoms with Crippen molar-refractivity contribution in [1.29, 1.82) is 0 Å². The summed E-state index contributed by atoms with van der Waals surface area (Å²) in [6.45, 7) is 0. The van der Waals surface area contributed by atoms with Gasteiger partial charge in [-0.05, 0) is 24.7 Å². The van der Waals surface area contributed by atoms with Crippen molar-refractivity contribution in [2.24, 2.45) is 0 Å². The van der Waals surface area contributed by atoms with Crippen LogP contribution < -0.4 is 10.6 Å². The van der Waals surface area contributed by atoms with E-state index < -0.39 is 0 Å². The third-order valence-electron chi connectivity index (χ3n) is 2.72. The van der Waals surface area contributed by atoms with Gasteiger partial charge in [-0.25, -0.2) is 0 Å². The van der Waals surface area contributed by atoms with Gasteiger partial charge in [0.05, 0.1) is 22.8 Å². The summed E-state index contributed by atoms with van der Waals surface area (Å²) in [4.78, 5) is 17.7. The van der Waals surface area contributed by atoms with Crippen LogP contribution >= 0.6 is 11.8 Å². The molecule has 1 aromatic rings. The summed E-state index contributed by atoms with van der Waals surface area (Å²) in [6, 6.07) is 1.77. The third kappa shape index (κ3) is 2.14. The van der Waals surface area contributed by atoms with E-state index in [1.54, 1.807) is 42.2 Å². The number of pyridine rings is 1. The molecule has 0 saturated carbocycles. The van der Waals surface area contributed by atoms with Gasteiger partial charge in [0.2, 0.25) is 5.91 Å². The minimum Gasteiger partial charge on any atom is -0.396 e. The highest BCUT2D eigenvalue weighted by Crippen LogP contribution is 2.30. The van der Waals surface area contributed by atoms with E-state index in [4.69, 9.17) is 5.73 Å². The van der Waals surface area contributed by atoms with Crippen LogP contribution in [0.25, 0.3) is 0 Å². The van der Waals surface area contributed by atoms with Crippen LogP contribution in [0.15, 0.2) is 18.5 Å². The lowest BCUT2D eigenvalue weighted by atomic mass is 10.2. The number of amides is 1. The first-order valence-corrected chi connectivity index (χ1v) is 6.33. The van der Waals surface area contributed by atoms with Gasteiger partial charge in [0.1, 0.15) is 0 Å². The van der Waals surface area contributed by atoms with Gasteiger partial charge in [0.15, 0.2) is 0 Å². The number of carbonyl (C=O) groups is 1. The van der Waals surface area contributed by atoms with Crippen LogP contribution in [0, 0.1) is 0 Å². The molecule has 1 atom stereocenters. The molecular formula is C11H15N3OS. The van der Waals surface area contributed by atoms with E-state index in [0.29, 0.717) is 5.69 Å². The monoisotopic (exact) mass is 237 g/mol. The summed E-state index contributed by atoms with van der Waals surface area (Å²) >= 11 is 1.73. The highest BCUT2D eigenvalue weighted by Gasteiger charge is 2.27. The normalized spacial score (nSPS) is 19.7. The van der Waals surface area contributed by atoms with Crippen LogP contribution in [0.4, 0.5) is 11.4 Å². The molecule has 0 bridgehead atoms. The van der Waals surface area contributed by atoms with Gasteiger partial charge in [-0.3, -0.25) is 9.78 Å². The Kier molecular flexibility index (Phi) is 3.33. The molecule has 0 aliphatic carbocycles. The maximum absolute atomic E-state index is 12.1. The quantitative estimate of drug-likeness (QED) is 0.847. The molecule has 1 unspecified atom stereocenters. The van der Waals surface area contributed by atoms with Crippen molar-refractivity contribution in [3.63, 3.8) is 0 Å². The molecule has 5 heteroatoms. The van der Waals surface area contributed by atoms with E-state index in [0.717, 1.165) is 24.3 Å². The van der Waals surface area contributed by atoms with Crippen LogP contribution in [0.5, 0.6) is 0 Å². The summed E-state index contributed by atoms with van der Waals surface area (Å²) in [5.74, 6) is 1.22. The first-order chi connectivity index (χ1) is 7.70. The van der Waals surface area contributed by atoms with Gasteiger partial charge < -0.3 is 10.6 Å². The topological polar surface area (TPSA) is 59.2 Å². The predicted molar refractivity (Wildman–Crippen MR) is 67.5 cm³/mol. The van der Waals surface area contributed by atoms with Crippen molar-refractivity contribution in [2.75, 3.05) is 23.4 Å². The van der Waals surface area contributed by atoms with Gasteiger partial charge in [0, 0.05) is 13.2 Å². The lowest BCUT2D eigenvalue weighted by Crippen LogP contribution is -2.34. The van der Waals surface area contributed by atoms with E-state index in [1.165, 1.54) is 0 Å². The molecule has 1 saturated heterocycles. The van der Waals surface area contributed by atoms with E-state index in [1.807, 2.05) is 0 Å². The summed E-state index contributed by atoms with van der Waals surface area (Å²) < 4.78 is 0. The van der Waals surface area contributed by atoms with Crippen molar-refractivity contribution in [3.8, 4) is 0 Å². The summed E-state index contributed by atoms with van der Waals surface area (Å²) in [5.41, 5.74) is 7.08. The number of hydrogen-bond donors (Lipinski definition) is 1. The molecular weight excluding hydrogens is 222 g/mol.